The first-order chi connectivity index (χ1) is 39.0. The maximum absolute atomic E-state index is 16.7. The first-order valence-corrected chi connectivity index (χ1v) is 27.9. The van der Waals surface area contributed by atoms with Crippen molar-refractivity contribution in [1.29, 1.82) is 0 Å². The number of unbranched alkanes of at least 4 members (excludes halogenated alkanes) is 4. The predicted octanol–water partition coefficient (Wildman–Crippen LogP) is 15.3. The Hall–Kier alpha value is -7.91. The second kappa shape index (κ2) is 29.3. The number of benzene rings is 6. The van der Waals surface area contributed by atoms with E-state index in [1.807, 2.05) is 67.6 Å². The summed E-state index contributed by atoms with van der Waals surface area (Å²) in [6.45, 7) is 11.8. The van der Waals surface area contributed by atoms with E-state index in [-0.39, 0.29) is 28.7 Å². The standard InChI is InChI=1S/C66H61ClF2N2O8S/c1-4-7-10-14-49-20-16-47(39-59(49)68)41-70-71-42-54-29-34-61(80-54)63-55(51-22-21-48(58(67)40-51)19-15-46-17-25-52(26-18-46)77-37-13-38-78-62(72)5-2)30-31-57-56(63)32-33-60(64(57)69)79-65(73)50-23-27-53(28-24-50)76-36-12-9-8-11-35-74-43-66(6-3)44-75-45-66/h5,16-18,20-34,39-42H,2,4,6-9,11-13,35-38,43-45H2,1,3H3/b70-41+,71-42+. The van der Waals surface area contributed by atoms with Crippen LogP contribution in [-0.4, -0.2) is 70.6 Å². The summed E-state index contributed by atoms with van der Waals surface area (Å²) in [6.07, 6.45) is 11.3. The SMILES string of the molecule is C=CC(=O)OCCCOc1ccc(C#Cc2ccc(-c3ccc4c(F)c(OC(=O)c5ccc(OCCCCCCOCC6(CC)COC6)cc5)ccc4c3-c3ccc(/C=N/N=C/c4ccc(C#CCCC)c(F)c4)s3)cc2Cl)cc1. The molecule has 10 nitrogen and oxygen atoms in total. The van der Waals surface area contributed by atoms with Gasteiger partial charge in [-0.1, -0.05) is 86.4 Å². The maximum atomic E-state index is 16.7. The molecule has 0 aliphatic carbocycles. The topological polar surface area (TPSA) is 114 Å². The van der Waals surface area contributed by atoms with Crippen molar-refractivity contribution in [1.82, 2.24) is 0 Å². The van der Waals surface area contributed by atoms with Crippen LogP contribution in [0.3, 0.4) is 0 Å². The highest BCUT2D eigenvalue weighted by molar-refractivity contribution is 7.17. The molecule has 0 unspecified atom stereocenters. The van der Waals surface area contributed by atoms with Crippen LogP contribution in [0.2, 0.25) is 5.02 Å². The van der Waals surface area contributed by atoms with E-state index in [2.05, 4.69) is 47.4 Å². The lowest BCUT2D eigenvalue weighted by molar-refractivity contribution is -0.150. The third kappa shape index (κ3) is 16.1. The normalized spacial score (nSPS) is 12.6. The summed E-state index contributed by atoms with van der Waals surface area (Å²) in [5.41, 5.74) is 4.89. The van der Waals surface area contributed by atoms with E-state index in [1.165, 1.54) is 29.7 Å². The summed E-state index contributed by atoms with van der Waals surface area (Å²) in [5.74, 6) is 10.9. The summed E-state index contributed by atoms with van der Waals surface area (Å²) >= 11 is 8.36. The third-order valence-corrected chi connectivity index (χ3v) is 14.5. The smallest absolute Gasteiger partial charge is 0.343 e. The predicted molar refractivity (Wildman–Crippen MR) is 314 cm³/mol. The lowest BCUT2D eigenvalue weighted by atomic mass is 9.84. The third-order valence-electron chi connectivity index (χ3n) is 13.2. The zero-order valence-electron chi connectivity index (χ0n) is 44.8. The second-order valence-electron chi connectivity index (χ2n) is 19.1. The van der Waals surface area contributed by atoms with E-state index < -0.39 is 23.6 Å². The van der Waals surface area contributed by atoms with Gasteiger partial charge in [0, 0.05) is 62.8 Å². The highest BCUT2D eigenvalue weighted by Crippen LogP contribution is 2.44. The molecule has 0 N–H and O–H groups in total. The summed E-state index contributed by atoms with van der Waals surface area (Å²) in [5, 5.41) is 9.63. The number of thiophene rings is 1. The van der Waals surface area contributed by atoms with Crippen molar-refractivity contribution in [2.75, 3.05) is 46.2 Å². The van der Waals surface area contributed by atoms with Crippen LogP contribution in [0.4, 0.5) is 8.78 Å². The number of rotatable bonds is 25. The number of esters is 2. The van der Waals surface area contributed by atoms with Crippen molar-refractivity contribution in [2.45, 2.75) is 65.2 Å². The van der Waals surface area contributed by atoms with E-state index in [0.717, 1.165) is 97.5 Å². The molecule has 0 saturated carbocycles. The van der Waals surface area contributed by atoms with Gasteiger partial charge < -0.3 is 28.4 Å². The van der Waals surface area contributed by atoms with Crippen molar-refractivity contribution in [3.63, 3.8) is 0 Å². The number of hydrogen-bond donors (Lipinski definition) is 0. The first kappa shape index (κ1) is 58.2. The molecular weight excluding hydrogens is 1050 g/mol. The molecule has 7 aromatic rings. The quantitative estimate of drug-likeness (QED) is 0.0106. The molecule has 14 heteroatoms. The number of fused-ring (bicyclic) bond motifs is 1. The van der Waals surface area contributed by atoms with Crippen LogP contribution in [0.1, 0.15) is 103 Å². The lowest BCUT2D eigenvalue weighted by Crippen LogP contribution is -2.45. The minimum Gasteiger partial charge on any atom is -0.494 e. The Morgan fingerprint density at radius 2 is 1.48 bits per heavy atom. The molecule has 1 aliphatic heterocycles. The van der Waals surface area contributed by atoms with Crippen molar-refractivity contribution >= 4 is 58.1 Å². The van der Waals surface area contributed by atoms with Gasteiger partial charge in [0.05, 0.1) is 68.2 Å². The van der Waals surface area contributed by atoms with Crippen LogP contribution in [0.25, 0.3) is 32.3 Å². The van der Waals surface area contributed by atoms with E-state index in [1.54, 1.807) is 54.7 Å². The largest absolute Gasteiger partial charge is 0.494 e. The molecule has 2 heterocycles. The fraction of sp³-hybridized carbons (Fsp3) is 0.273. The van der Waals surface area contributed by atoms with Gasteiger partial charge in [0.25, 0.3) is 0 Å². The van der Waals surface area contributed by atoms with Gasteiger partial charge in [-0.15, -0.1) is 11.3 Å². The summed E-state index contributed by atoms with van der Waals surface area (Å²) in [4.78, 5) is 26.2. The Balaban J connectivity index is 0.962. The highest BCUT2D eigenvalue weighted by Gasteiger charge is 2.37. The average molecular weight is 1120 g/mol. The first-order valence-electron chi connectivity index (χ1n) is 26.7. The molecule has 0 amide bonds. The Kier molecular flexibility index (Phi) is 21.4. The summed E-state index contributed by atoms with van der Waals surface area (Å²) < 4.78 is 65.1. The Labute approximate surface area is 475 Å². The van der Waals surface area contributed by atoms with Gasteiger partial charge in [0.2, 0.25) is 0 Å². The van der Waals surface area contributed by atoms with E-state index >= 15 is 4.39 Å². The van der Waals surface area contributed by atoms with E-state index in [9.17, 15) is 14.0 Å². The van der Waals surface area contributed by atoms with Crippen LogP contribution in [-0.2, 0) is 19.0 Å². The van der Waals surface area contributed by atoms with Gasteiger partial charge in [-0.05, 0) is 151 Å². The Morgan fingerprint density at radius 1 is 0.750 bits per heavy atom. The molecule has 1 aromatic heterocycles. The van der Waals surface area contributed by atoms with E-state index in [0.29, 0.717) is 70.2 Å². The maximum Gasteiger partial charge on any atom is 0.343 e. The van der Waals surface area contributed by atoms with Gasteiger partial charge in [-0.2, -0.15) is 10.2 Å². The van der Waals surface area contributed by atoms with Crippen LogP contribution in [0.15, 0.2) is 144 Å². The van der Waals surface area contributed by atoms with Crippen LogP contribution < -0.4 is 14.2 Å². The van der Waals surface area contributed by atoms with Crippen molar-refractivity contribution in [3.8, 4) is 62.5 Å². The number of halogens is 3. The molecule has 6 aromatic carbocycles. The highest BCUT2D eigenvalue weighted by atomic mass is 35.5. The van der Waals surface area contributed by atoms with Crippen molar-refractivity contribution in [2.24, 2.45) is 15.6 Å². The van der Waals surface area contributed by atoms with Gasteiger partial charge in [0.1, 0.15) is 17.3 Å². The number of hydrogen-bond acceptors (Lipinski definition) is 11. The molecule has 1 saturated heterocycles. The molecule has 1 aliphatic rings. The zero-order valence-corrected chi connectivity index (χ0v) is 46.4. The van der Waals surface area contributed by atoms with Crippen LogP contribution >= 0.6 is 22.9 Å². The number of carbonyl (C=O) groups excluding carboxylic acids is 2. The second-order valence-corrected chi connectivity index (χ2v) is 20.6. The van der Waals surface area contributed by atoms with Crippen molar-refractivity contribution < 1.29 is 46.8 Å². The number of nitrogens with zero attached hydrogens (tertiary/aromatic N) is 2. The molecule has 1 fully saturated rings. The molecule has 0 radical (unpaired) electrons. The van der Waals surface area contributed by atoms with Gasteiger partial charge >= 0.3 is 11.9 Å². The minimum absolute atomic E-state index is 0.205. The van der Waals surface area contributed by atoms with E-state index in [4.69, 9.17) is 40.0 Å². The van der Waals surface area contributed by atoms with Crippen LogP contribution in [0.5, 0.6) is 17.2 Å². The molecule has 0 atom stereocenters. The van der Waals surface area contributed by atoms with Gasteiger partial charge in [-0.3, -0.25) is 0 Å². The molecule has 410 valence electrons. The number of carbonyl (C=O) groups is 2. The zero-order chi connectivity index (χ0) is 56.1. The molecule has 0 bridgehead atoms. The van der Waals surface area contributed by atoms with Crippen molar-refractivity contribution in [3.05, 3.63) is 183 Å². The Morgan fingerprint density at radius 3 is 2.19 bits per heavy atom. The summed E-state index contributed by atoms with van der Waals surface area (Å²) in [6, 6.07) is 34.7. The molecule has 8 rings (SSSR count). The minimum atomic E-state index is -0.714. The Bertz CT molecular complexity index is 3470. The molecule has 0 spiro atoms. The lowest BCUT2D eigenvalue weighted by Gasteiger charge is -2.40. The van der Waals surface area contributed by atoms with Crippen LogP contribution in [0, 0.1) is 40.7 Å². The monoisotopic (exact) mass is 1110 g/mol. The molecule has 80 heavy (non-hydrogen) atoms. The van der Waals surface area contributed by atoms with Gasteiger partial charge in [0.15, 0.2) is 11.6 Å². The fourth-order valence-electron chi connectivity index (χ4n) is 8.48. The fourth-order valence-corrected chi connectivity index (χ4v) is 9.66. The summed E-state index contributed by atoms with van der Waals surface area (Å²) in [7, 11) is 0. The average Bonchev–Trinajstić information content (AvgIpc) is 3.95. The molecular formula is C66H61ClF2N2O8S. The number of ether oxygens (including phenoxy) is 6. The van der Waals surface area contributed by atoms with Gasteiger partial charge in [-0.25, -0.2) is 18.4 Å².